The molecule has 1 amide bonds. The average molecular weight is 336 g/mol. The normalized spacial score (nSPS) is 12.3. The molecule has 0 bridgehead atoms. The highest BCUT2D eigenvalue weighted by molar-refractivity contribution is 9.10. The largest absolute Gasteiger partial charge is 0.319 e. The second-order valence-corrected chi connectivity index (χ2v) is 5.48. The van der Waals surface area contributed by atoms with Gasteiger partial charge in [0.25, 0.3) is 5.69 Å². The van der Waals surface area contributed by atoms with Crippen LogP contribution in [0.15, 0.2) is 18.2 Å². The molecule has 0 aliphatic heterocycles. The predicted octanol–water partition coefficient (Wildman–Crippen LogP) is 3.61. The van der Waals surface area contributed by atoms with Crippen LogP contribution in [0, 0.1) is 16.0 Å². The van der Waals surface area contributed by atoms with Crippen molar-refractivity contribution in [1.29, 1.82) is 0 Å². The van der Waals surface area contributed by atoms with Gasteiger partial charge in [0.15, 0.2) is 0 Å². The summed E-state index contributed by atoms with van der Waals surface area (Å²) in [6.07, 6.45) is 0. The molecular weight excluding hydrogens is 323 g/mol. The molecule has 1 aromatic carbocycles. The molecule has 0 heterocycles. The predicted molar refractivity (Wildman–Crippen MR) is 74.3 cm³/mol. The molecule has 1 unspecified atom stereocenters. The van der Waals surface area contributed by atoms with Crippen LogP contribution in [0.25, 0.3) is 0 Å². The summed E-state index contributed by atoms with van der Waals surface area (Å²) in [5, 5.41) is 13.6. The minimum absolute atomic E-state index is 0.0800. The Balaban J connectivity index is 2.98. The van der Waals surface area contributed by atoms with Crippen molar-refractivity contribution in [1.82, 2.24) is 0 Å². The second kappa shape index (κ2) is 6.15. The average Bonchev–Trinajstić information content (AvgIpc) is 2.29. The molecule has 0 spiro atoms. The van der Waals surface area contributed by atoms with Crippen molar-refractivity contribution in [2.45, 2.75) is 18.7 Å². The lowest BCUT2D eigenvalue weighted by atomic mass is 10.1. The first-order chi connectivity index (χ1) is 8.32. The van der Waals surface area contributed by atoms with Crippen LogP contribution < -0.4 is 5.32 Å². The zero-order valence-electron chi connectivity index (χ0n) is 9.81. The van der Waals surface area contributed by atoms with Gasteiger partial charge in [-0.15, -0.1) is 0 Å². The Bertz CT molecular complexity index is 479. The van der Waals surface area contributed by atoms with Gasteiger partial charge in [-0.3, -0.25) is 14.9 Å². The molecule has 7 heteroatoms. The van der Waals surface area contributed by atoms with Gasteiger partial charge < -0.3 is 5.32 Å². The minimum Gasteiger partial charge on any atom is -0.319 e. The van der Waals surface area contributed by atoms with Gasteiger partial charge in [-0.25, -0.2) is 0 Å². The lowest BCUT2D eigenvalue weighted by Crippen LogP contribution is -2.27. The summed E-state index contributed by atoms with van der Waals surface area (Å²) in [4.78, 5) is 21.7. The summed E-state index contributed by atoms with van der Waals surface area (Å²) >= 11 is 8.92. The number of anilines is 1. The number of nitrogens with zero attached hydrogens (tertiary/aromatic N) is 1. The first kappa shape index (κ1) is 14.9. The smallest absolute Gasteiger partial charge is 0.294 e. The number of amides is 1. The highest BCUT2D eigenvalue weighted by Crippen LogP contribution is 2.28. The lowest BCUT2D eigenvalue weighted by molar-refractivity contribution is -0.383. The molecule has 1 aromatic rings. The molecule has 0 aromatic heterocycles. The number of carbonyl (C=O) groups excluding carboxylic acids is 1. The number of carbonyl (C=O) groups is 1. The summed E-state index contributed by atoms with van der Waals surface area (Å²) in [5.41, 5.74) is -0.0844. The fourth-order valence-electron chi connectivity index (χ4n) is 1.27. The topological polar surface area (TPSA) is 72.2 Å². The fraction of sp³-hybridized carbons (Fsp3) is 0.364. The molecule has 0 saturated carbocycles. The van der Waals surface area contributed by atoms with Crippen molar-refractivity contribution >= 4 is 44.8 Å². The third kappa shape index (κ3) is 3.68. The first-order valence-corrected chi connectivity index (χ1v) is 6.51. The zero-order chi connectivity index (χ0) is 13.9. The highest BCUT2D eigenvalue weighted by atomic mass is 79.9. The third-order valence-corrected chi connectivity index (χ3v) is 3.96. The van der Waals surface area contributed by atoms with Crippen LogP contribution >= 0.6 is 27.5 Å². The van der Waals surface area contributed by atoms with Crippen LogP contribution in [0.1, 0.15) is 13.8 Å². The Hall–Kier alpha value is -1.14. The Morgan fingerprint density at radius 1 is 1.50 bits per heavy atom. The van der Waals surface area contributed by atoms with E-state index in [0.29, 0.717) is 0 Å². The molecule has 0 saturated heterocycles. The zero-order valence-corrected chi connectivity index (χ0v) is 12.2. The standard InChI is InChI=1S/C11H12BrClN2O3/c1-6(2)10(12)11(16)14-8-4-3-7(13)5-9(8)15(17)18/h3-6,10H,1-2H3,(H,14,16). The van der Waals surface area contributed by atoms with Gasteiger partial charge in [-0.05, 0) is 18.1 Å². The van der Waals surface area contributed by atoms with Gasteiger partial charge in [0, 0.05) is 11.1 Å². The van der Waals surface area contributed by atoms with Crippen LogP contribution in [0.2, 0.25) is 5.02 Å². The monoisotopic (exact) mass is 334 g/mol. The Morgan fingerprint density at radius 2 is 2.11 bits per heavy atom. The molecule has 1 N–H and O–H groups in total. The molecule has 5 nitrogen and oxygen atoms in total. The number of nitro groups is 1. The maximum Gasteiger partial charge on any atom is 0.294 e. The fourth-order valence-corrected chi connectivity index (χ4v) is 1.55. The van der Waals surface area contributed by atoms with Crippen LogP contribution in [-0.2, 0) is 4.79 Å². The van der Waals surface area contributed by atoms with Crippen molar-refractivity contribution < 1.29 is 9.72 Å². The van der Waals surface area contributed by atoms with E-state index in [4.69, 9.17) is 11.6 Å². The van der Waals surface area contributed by atoms with E-state index >= 15 is 0 Å². The van der Waals surface area contributed by atoms with Crippen LogP contribution in [-0.4, -0.2) is 15.7 Å². The van der Waals surface area contributed by atoms with Crippen molar-refractivity contribution in [2.24, 2.45) is 5.92 Å². The quantitative estimate of drug-likeness (QED) is 0.519. The van der Waals surface area contributed by atoms with Gasteiger partial charge >= 0.3 is 0 Å². The molecule has 0 fully saturated rings. The number of rotatable bonds is 4. The number of alkyl halides is 1. The second-order valence-electron chi connectivity index (χ2n) is 4.05. The van der Waals surface area contributed by atoms with Crippen LogP contribution in [0.3, 0.4) is 0 Å². The van der Waals surface area contributed by atoms with Gasteiger partial charge in [0.1, 0.15) is 5.69 Å². The molecule has 1 atom stereocenters. The SMILES string of the molecule is CC(C)C(Br)C(=O)Nc1ccc(Cl)cc1[N+](=O)[O-]. The van der Waals surface area contributed by atoms with E-state index in [1.807, 2.05) is 13.8 Å². The van der Waals surface area contributed by atoms with Crippen molar-refractivity contribution in [2.75, 3.05) is 5.32 Å². The first-order valence-electron chi connectivity index (χ1n) is 5.21. The van der Waals surface area contributed by atoms with E-state index in [-0.39, 0.29) is 28.2 Å². The number of hydrogen-bond donors (Lipinski definition) is 1. The molecular formula is C11H12BrClN2O3. The van der Waals surface area contributed by atoms with Crippen LogP contribution in [0.4, 0.5) is 11.4 Å². The van der Waals surface area contributed by atoms with Gasteiger partial charge in [0.05, 0.1) is 9.75 Å². The third-order valence-electron chi connectivity index (χ3n) is 2.25. The summed E-state index contributed by atoms with van der Waals surface area (Å²) < 4.78 is 0. The number of hydrogen-bond acceptors (Lipinski definition) is 3. The number of benzene rings is 1. The van der Waals surface area contributed by atoms with Gasteiger partial charge in [-0.2, -0.15) is 0 Å². The van der Waals surface area contributed by atoms with Gasteiger partial charge in [-0.1, -0.05) is 41.4 Å². The summed E-state index contributed by atoms with van der Waals surface area (Å²) in [6.45, 7) is 3.74. The highest BCUT2D eigenvalue weighted by Gasteiger charge is 2.22. The Morgan fingerprint density at radius 3 is 2.61 bits per heavy atom. The van der Waals surface area contributed by atoms with E-state index < -0.39 is 9.75 Å². The number of nitrogens with one attached hydrogen (secondary N) is 1. The molecule has 0 aliphatic carbocycles. The number of halogens is 2. The molecule has 1 rings (SSSR count). The summed E-state index contributed by atoms with van der Waals surface area (Å²) in [5.74, 6) is -0.244. The number of nitro benzene ring substituents is 1. The van der Waals surface area contributed by atoms with Gasteiger partial charge in [0.2, 0.25) is 5.91 Å². The molecule has 0 radical (unpaired) electrons. The van der Waals surface area contributed by atoms with E-state index in [2.05, 4.69) is 21.2 Å². The Kier molecular flexibility index (Phi) is 5.10. The van der Waals surface area contributed by atoms with E-state index in [0.717, 1.165) is 0 Å². The summed E-state index contributed by atoms with van der Waals surface area (Å²) in [6, 6.07) is 4.11. The van der Waals surface area contributed by atoms with Crippen molar-refractivity contribution in [3.05, 3.63) is 33.3 Å². The van der Waals surface area contributed by atoms with Crippen molar-refractivity contribution in [3.63, 3.8) is 0 Å². The molecule has 0 aliphatic rings. The Labute approximate surface area is 118 Å². The minimum atomic E-state index is -0.583. The molecule has 18 heavy (non-hydrogen) atoms. The maximum atomic E-state index is 11.8. The summed E-state index contributed by atoms with van der Waals surface area (Å²) in [7, 11) is 0. The van der Waals surface area contributed by atoms with E-state index in [1.165, 1.54) is 18.2 Å². The van der Waals surface area contributed by atoms with E-state index in [9.17, 15) is 14.9 Å². The van der Waals surface area contributed by atoms with E-state index in [1.54, 1.807) is 0 Å². The van der Waals surface area contributed by atoms with Crippen LogP contribution in [0.5, 0.6) is 0 Å². The molecule has 98 valence electrons. The maximum absolute atomic E-state index is 11.8. The lowest BCUT2D eigenvalue weighted by Gasteiger charge is -2.13. The van der Waals surface area contributed by atoms with Crippen molar-refractivity contribution in [3.8, 4) is 0 Å².